The van der Waals surface area contributed by atoms with E-state index in [1.165, 1.54) is 0 Å². The Morgan fingerprint density at radius 2 is 1.85 bits per heavy atom. The van der Waals surface area contributed by atoms with E-state index in [2.05, 4.69) is 9.88 Å². The average Bonchev–Trinajstić information content (AvgIpc) is 3.11. The number of nitrogens with zero attached hydrogens (tertiary/aromatic N) is 4. The number of carbonyl (C=O) groups is 1. The minimum absolute atomic E-state index is 0.0132. The van der Waals surface area contributed by atoms with Crippen LogP contribution in [0.3, 0.4) is 0 Å². The van der Waals surface area contributed by atoms with Crippen molar-refractivity contribution >= 4 is 17.9 Å². The van der Waals surface area contributed by atoms with Crippen LogP contribution in [0.1, 0.15) is 5.56 Å². The molecule has 3 rings (SSSR count). The number of benzene rings is 1. The lowest BCUT2D eigenvalue weighted by Crippen LogP contribution is -2.49. The third kappa shape index (κ3) is 3.82. The molecular formula is C19H24N4O3. The maximum absolute atomic E-state index is 12.5. The van der Waals surface area contributed by atoms with Crippen molar-refractivity contribution in [1.82, 2.24) is 14.5 Å². The van der Waals surface area contributed by atoms with Crippen molar-refractivity contribution in [3.63, 3.8) is 0 Å². The van der Waals surface area contributed by atoms with E-state index < -0.39 is 0 Å². The van der Waals surface area contributed by atoms with Gasteiger partial charge in [0.2, 0.25) is 11.9 Å². The van der Waals surface area contributed by atoms with Gasteiger partial charge in [0.1, 0.15) is 0 Å². The molecule has 0 aliphatic carbocycles. The van der Waals surface area contributed by atoms with E-state index in [9.17, 15) is 4.79 Å². The SMILES string of the molecule is COc1ccc(C=CC(=O)N2CCN(c3nccn3C)CC2)cc1OC. The Labute approximate surface area is 153 Å². The van der Waals surface area contributed by atoms with E-state index >= 15 is 0 Å². The number of amides is 1. The molecule has 26 heavy (non-hydrogen) atoms. The number of methoxy groups -OCH3 is 2. The van der Waals surface area contributed by atoms with Gasteiger partial charge in [-0.25, -0.2) is 4.98 Å². The summed E-state index contributed by atoms with van der Waals surface area (Å²) in [6.07, 6.45) is 7.13. The predicted molar refractivity (Wildman–Crippen MR) is 101 cm³/mol. The van der Waals surface area contributed by atoms with Gasteiger partial charge in [-0.15, -0.1) is 0 Å². The molecule has 1 aliphatic rings. The van der Waals surface area contributed by atoms with Crippen LogP contribution >= 0.6 is 0 Å². The fourth-order valence-electron chi connectivity index (χ4n) is 3.02. The van der Waals surface area contributed by atoms with Crippen molar-refractivity contribution in [3.05, 3.63) is 42.2 Å². The zero-order valence-electron chi connectivity index (χ0n) is 15.4. The monoisotopic (exact) mass is 356 g/mol. The number of aryl methyl sites for hydroxylation is 1. The fraction of sp³-hybridized carbons (Fsp3) is 0.368. The van der Waals surface area contributed by atoms with Crippen molar-refractivity contribution in [3.8, 4) is 11.5 Å². The first-order chi connectivity index (χ1) is 12.6. The summed E-state index contributed by atoms with van der Waals surface area (Å²) in [5, 5.41) is 0. The van der Waals surface area contributed by atoms with Gasteiger partial charge in [-0.2, -0.15) is 0 Å². The lowest BCUT2D eigenvalue weighted by molar-refractivity contribution is -0.126. The first kappa shape index (κ1) is 17.8. The number of rotatable bonds is 5. The molecule has 2 aromatic rings. The van der Waals surface area contributed by atoms with Gasteiger partial charge in [0.25, 0.3) is 0 Å². The molecule has 1 aromatic heterocycles. The Morgan fingerprint density at radius 3 is 2.46 bits per heavy atom. The third-order valence-electron chi connectivity index (χ3n) is 4.50. The first-order valence-electron chi connectivity index (χ1n) is 8.53. The highest BCUT2D eigenvalue weighted by atomic mass is 16.5. The van der Waals surface area contributed by atoms with Crippen molar-refractivity contribution in [2.75, 3.05) is 45.3 Å². The Balaban J connectivity index is 1.59. The average molecular weight is 356 g/mol. The lowest BCUT2D eigenvalue weighted by Gasteiger charge is -2.34. The summed E-state index contributed by atoms with van der Waals surface area (Å²) in [4.78, 5) is 20.9. The summed E-state index contributed by atoms with van der Waals surface area (Å²) in [5.41, 5.74) is 0.891. The number of aromatic nitrogens is 2. The number of hydrogen-bond acceptors (Lipinski definition) is 5. The third-order valence-corrected chi connectivity index (χ3v) is 4.50. The largest absolute Gasteiger partial charge is 0.493 e. The Bertz CT molecular complexity index is 792. The summed E-state index contributed by atoms with van der Waals surface area (Å²) in [6, 6.07) is 5.57. The molecule has 0 unspecified atom stereocenters. The van der Waals surface area contributed by atoms with Gasteiger partial charge in [-0.1, -0.05) is 6.07 Å². The fourth-order valence-corrected chi connectivity index (χ4v) is 3.02. The Morgan fingerprint density at radius 1 is 1.12 bits per heavy atom. The molecule has 7 heteroatoms. The maximum atomic E-state index is 12.5. The number of hydrogen-bond donors (Lipinski definition) is 0. The van der Waals surface area contributed by atoms with Gasteiger partial charge in [-0.05, 0) is 23.8 Å². The molecule has 0 spiro atoms. The minimum atomic E-state index is 0.0132. The van der Waals surface area contributed by atoms with E-state index in [0.717, 1.165) is 24.6 Å². The van der Waals surface area contributed by atoms with Crippen molar-refractivity contribution in [2.45, 2.75) is 0 Å². The topological polar surface area (TPSA) is 59.8 Å². The van der Waals surface area contributed by atoms with Gasteiger partial charge in [-0.3, -0.25) is 4.79 Å². The molecule has 1 aromatic carbocycles. The second-order valence-electron chi connectivity index (χ2n) is 6.10. The molecule has 0 atom stereocenters. The van der Waals surface area contributed by atoms with Crippen LogP contribution in [0.25, 0.3) is 6.08 Å². The van der Waals surface area contributed by atoms with Crippen LogP contribution in [0.2, 0.25) is 0 Å². The number of carbonyl (C=O) groups excluding carboxylic acids is 1. The van der Waals surface area contributed by atoms with Gasteiger partial charge in [0.15, 0.2) is 11.5 Å². The van der Waals surface area contributed by atoms with Crippen LogP contribution < -0.4 is 14.4 Å². The number of piperazine rings is 1. The molecule has 0 N–H and O–H groups in total. The van der Waals surface area contributed by atoms with Crippen LogP contribution in [0.4, 0.5) is 5.95 Å². The maximum Gasteiger partial charge on any atom is 0.246 e. The summed E-state index contributed by atoms with van der Waals surface area (Å²) < 4.78 is 12.5. The molecule has 0 saturated carbocycles. The first-order valence-corrected chi connectivity index (χ1v) is 8.53. The quantitative estimate of drug-likeness (QED) is 0.765. The normalized spacial score (nSPS) is 14.7. The van der Waals surface area contributed by atoms with Crippen LogP contribution in [0, 0.1) is 0 Å². The summed E-state index contributed by atoms with van der Waals surface area (Å²) in [5.74, 6) is 2.27. The number of anilines is 1. The predicted octanol–water partition coefficient (Wildman–Crippen LogP) is 1.80. The van der Waals surface area contributed by atoms with E-state index in [0.29, 0.717) is 24.6 Å². The molecule has 0 bridgehead atoms. The Kier molecular flexibility index (Phi) is 5.46. The van der Waals surface area contributed by atoms with Crippen LogP contribution in [0.5, 0.6) is 11.5 Å². The zero-order chi connectivity index (χ0) is 18.5. The summed E-state index contributed by atoms with van der Waals surface area (Å²) in [6.45, 7) is 2.92. The minimum Gasteiger partial charge on any atom is -0.493 e. The number of ether oxygens (including phenoxy) is 2. The van der Waals surface area contributed by atoms with Crippen LogP contribution in [-0.4, -0.2) is 60.8 Å². The second-order valence-corrected chi connectivity index (χ2v) is 6.10. The molecule has 1 fully saturated rings. The van der Waals surface area contributed by atoms with Crippen molar-refractivity contribution in [1.29, 1.82) is 0 Å². The molecule has 7 nitrogen and oxygen atoms in total. The van der Waals surface area contributed by atoms with E-state index in [1.54, 1.807) is 32.6 Å². The molecular weight excluding hydrogens is 332 g/mol. The highest BCUT2D eigenvalue weighted by Gasteiger charge is 2.21. The molecule has 1 aliphatic heterocycles. The molecule has 1 saturated heterocycles. The van der Waals surface area contributed by atoms with Gasteiger partial charge >= 0.3 is 0 Å². The highest BCUT2D eigenvalue weighted by molar-refractivity contribution is 5.92. The van der Waals surface area contributed by atoms with Gasteiger partial charge < -0.3 is 23.8 Å². The summed E-state index contributed by atoms with van der Waals surface area (Å²) >= 11 is 0. The van der Waals surface area contributed by atoms with Crippen molar-refractivity contribution < 1.29 is 14.3 Å². The Hall–Kier alpha value is -2.96. The van der Waals surface area contributed by atoms with E-state index in [4.69, 9.17) is 9.47 Å². The van der Waals surface area contributed by atoms with E-state index in [-0.39, 0.29) is 5.91 Å². The van der Waals surface area contributed by atoms with Gasteiger partial charge in [0.05, 0.1) is 14.2 Å². The van der Waals surface area contributed by atoms with Gasteiger partial charge in [0, 0.05) is 51.7 Å². The number of imidazole rings is 1. The van der Waals surface area contributed by atoms with E-state index in [1.807, 2.05) is 40.9 Å². The lowest BCUT2D eigenvalue weighted by atomic mass is 10.2. The zero-order valence-corrected chi connectivity index (χ0v) is 15.4. The summed E-state index contributed by atoms with van der Waals surface area (Å²) in [7, 11) is 5.17. The molecule has 1 amide bonds. The van der Waals surface area contributed by atoms with Crippen molar-refractivity contribution in [2.24, 2.45) is 7.05 Å². The van der Waals surface area contributed by atoms with Crippen LogP contribution in [-0.2, 0) is 11.8 Å². The smallest absolute Gasteiger partial charge is 0.246 e. The van der Waals surface area contributed by atoms with Crippen LogP contribution in [0.15, 0.2) is 36.7 Å². The second kappa shape index (κ2) is 7.95. The molecule has 138 valence electrons. The molecule has 2 heterocycles. The molecule has 0 radical (unpaired) electrons. The highest BCUT2D eigenvalue weighted by Crippen LogP contribution is 2.28. The standard InChI is InChI=1S/C19H24N4O3/c1-21-9-8-20-19(21)23-12-10-22(11-13-23)18(24)7-5-15-4-6-16(25-2)17(14-15)26-3/h4-9,14H,10-13H2,1-3H3.